The fourth-order valence-corrected chi connectivity index (χ4v) is 2.17. The Morgan fingerprint density at radius 3 is 2.35 bits per heavy atom. The van der Waals surface area contributed by atoms with Crippen LogP contribution in [0.5, 0.6) is 0 Å². The van der Waals surface area contributed by atoms with Crippen LogP contribution in [-0.2, 0) is 10.4 Å². The van der Waals surface area contributed by atoms with Crippen molar-refractivity contribution in [2.45, 2.75) is 18.9 Å². The molecule has 23 heavy (non-hydrogen) atoms. The average Bonchev–Trinajstić information content (AvgIpc) is 2.51. The number of hydrogen-bond donors (Lipinski definition) is 2. The molecule has 2 rings (SSSR count). The number of anilines is 1. The molecule has 1 atom stereocenters. The molecule has 0 aliphatic rings. The minimum atomic E-state index is -1.46. The Morgan fingerprint density at radius 1 is 1.26 bits per heavy atom. The minimum absolute atomic E-state index is 0.0364. The highest BCUT2D eigenvalue weighted by Gasteiger charge is 2.27. The van der Waals surface area contributed by atoms with E-state index < -0.39 is 28.8 Å². The Bertz CT molecular complexity index is 741. The summed E-state index contributed by atoms with van der Waals surface area (Å²) in [4.78, 5) is 12.0. The fourth-order valence-electron chi connectivity index (χ4n) is 2.17. The Hall–Kier alpha value is -2.71. The second kappa shape index (κ2) is 6.59. The number of benzene rings is 2. The molecule has 1 unspecified atom stereocenters. The molecule has 3 nitrogen and oxygen atoms in total. The third kappa shape index (κ3) is 3.93. The summed E-state index contributed by atoms with van der Waals surface area (Å²) in [6.45, 7) is 1.45. The fraction of sp³-hybridized carbons (Fsp3) is 0.167. The highest BCUT2D eigenvalue weighted by Crippen LogP contribution is 2.26. The third-order valence-electron chi connectivity index (χ3n) is 3.37. The number of hydrogen-bond acceptors (Lipinski definition) is 2. The van der Waals surface area contributed by atoms with Crippen LogP contribution in [0.15, 0.2) is 42.5 Å². The van der Waals surface area contributed by atoms with Gasteiger partial charge >= 0.3 is 0 Å². The Kier molecular flexibility index (Phi) is 4.77. The summed E-state index contributed by atoms with van der Waals surface area (Å²) in [5, 5.41) is 12.5. The van der Waals surface area contributed by atoms with Crippen LogP contribution in [0.3, 0.4) is 0 Å². The van der Waals surface area contributed by atoms with Crippen molar-refractivity contribution in [2.24, 2.45) is 0 Å². The lowest BCUT2D eigenvalue weighted by Gasteiger charge is -2.23. The molecule has 0 fully saturated rings. The summed E-state index contributed by atoms with van der Waals surface area (Å²) in [5.41, 5.74) is -1.48. The zero-order chi connectivity index (χ0) is 17.0. The zero-order valence-electron chi connectivity index (χ0n) is 12.4. The van der Waals surface area contributed by atoms with Crippen LogP contribution in [0.2, 0.25) is 0 Å². The smallest absolute Gasteiger partial charge is 0.227 e. The first kappa shape index (κ1) is 16.7. The average molecular weight is 315 g/mol. The molecule has 2 aromatic rings. The summed E-state index contributed by atoms with van der Waals surface area (Å²) >= 11 is 0. The molecular formula is C18H15F2NO2. The second-order valence-corrected chi connectivity index (χ2v) is 5.32. The highest BCUT2D eigenvalue weighted by atomic mass is 19.1. The lowest BCUT2D eigenvalue weighted by atomic mass is 9.92. The maximum absolute atomic E-state index is 13.8. The van der Waals surface area contributed by atoms with Crippen LogP contribution in [0.1, 0.15) is 24.5 Å². The molecule has 0 saturated heterocycles. The molecule has 0 heterocycles. The van der Waals surface area contributed by atoms with Gasteiger partial charge in [0.2, 0.25) is 5.91 Å². The Balaban J connectivity index is 2.16. The molecule has 2 aromatic carbocycles. The number of rotatable bonds is 4. The van der Waals surface area contributed by atoms with Crippen molar-refractivity contribution in [3.8, 4) is 12.3 Å². The second-order valence-electron chi connectivity index (χ2n) is 5.32. The van der Waals surface area contributed by atoms with E-state index in [4.69, 9.17) is 6.42 Å². The standard InChI is InChI=1S/C18H15F2NO2/c1-3-12-9-14(19)17(15(20)10-12)21-16(22)11-18(2,23)13-7-5-4-6-8-13/h1,4-10,23H,11H2,2H3,(H,21,22). The molecule has 2 N–H and O–H groups in total. The molecule has 0 spiro atoms. The molecule has 5 heteroatoms. The monoisotopic (exact) mass is 315 g/mol. The van der Waals surface area contributed by atoms with E-state index in [9.17, 15) is 18.7 Å². The van der Waals surface area contributed by atoms with Gasteiger partial charge in [0.15, 0.2) is 11.6 Å². The zero-order valence-corrected chi connectivity index (χ0v) is 12.4. The van der Waals surface area contributed by atoms with E-state index in [2.05, 4.69) is 11.2 Å². The lowest BCUT2D eigenvalue weighted by Crippen LogP contribution is -2.28. The largest absolute Gasteiger partial charge is 0.385 e. The van der Waals surface area contributed by atoms with Gasteiger partial charge in [-0.05, 0) is 24.6 Å². The quantitative estimate of drug-likeness (QED) is 0.851. The van der Waals surface area contributed by atoms with E-state index in [-0.39, 0.29) is 12.0 Å². The van der Waals surface area contributed by atoms with Gasteiger partial charge in [-0.25, -0.2) is 8.78 Å². The minimum Gasteiger partial charge on any atom is -0.385 e. The van der Waals surface area contributed by atoms with Crippen molar-refractivity contribution >= 4 is 11.6 Å². The molecule has 0 aliphatic heterocycles. The molecule has 0 aliphatic carbocycles. The Labute approximate surface area is 133 Å². The van der Waals surface area contributed by atoms with Crippen LogP contribution in [0.25, 0.3) is 0 Å². The summed E-state index contributed by atoms with van der Waals surface area (Å²) in [6, 6.07) is 10.4. The van der Waals surface area contributed by atoms with Gasteiger partial charge < -0.3 is 10.4 Å². The van der Waals surface area contributed by atoms with E-state index in [1.807, 2.05) is 0 Å². The maximum Gasteiger partial charge on any atom is 0.227 e. The number of carbonyl (C=O) groups is 1. The normalized spacial score (nSPS) is 13.0. The van der Waals surface area contributed by atoms with Crippen LogP contribution in [0.4, 0.5) is 14.5 Å². The highest BCUT2D eigenvalue weighted by molar-refractivity contribution is 5.91. The van der Waals surface area contributed by atoms with Crippen LogP contribution < -0.4 is 5.32 Å². The molecule has 0 aromatic heterocycles. The molecule has 0 bridgehead atoms. The van der Waals surface area contributed by atoms with Crippen molar-refractivity contribution in [3.05, 3.63) is 65.2 Å². The predicted molar refractivity (Wildman–Crippen MR) is 83.6 cm³/mol. The van der Waals surface area contributed by atoms with Crippen molar-refractivity contribution in [3.63, 3.8) is 0 Å². The topological polar surface area (TPSA) is 49.3 Å². The van der Waals surface area contributed by atoms with E-state index in [0.29, 0.717) is 5.56 Å². The summed E-state index contributed by atoms with van der Waals surface area (Å²) in [6.07, 6.45) is 4.73. The molecule has 0 radical (unpaired) electrons. The first-order valence-corrected chi connectivity index (χ1v) is 6.87. The maximum atomic E-state index is 13.8. The van der Waals surface area contributed by atoms with Gasteiger partial charge in [0.05, 0.1) is 12.0 Å². The molecule has 118 valence electrons. The van der Waals surface area contributed by atoms with Gasteiger partial charge in [-0.2, -0.15) is 0 Å². The number of terminal acetylenes is 1. The van der Waals surface area contributed by atoms with Crippen LogP contribution in [-0.4, -0.2) is 11.0 Å². The first-order chi connectivity index (χ1) is 10.8. The lowest BCUT2D eigenvalue weighted by molar-refractivity contribution is -0.120. The van der Waals surface area contributed by atoms with Gasteiger partial charge in [0, 0.05) is 5.56 Å². The number of carbonyl (C=O) groups excluding carboxylic acids is 1. The number of nitrogens with one attached hydrogen (secondary N) is 1. The van der Waals surface area contributed by atoms with E-state index in [1.54, 1.807) is 30.3 Å². The van der Waals surface area contributed by atoms with Crippen LogP contribution >= 0.6 is 0 Å². The van der Waals surface area contributed by atoms with Crippen LogP contribution in [0, 0.1) is 24.0 Å². The number of amides is 1. The summed E-state index contributed by atoms with van der Waals surface area (Å²) in [7, 11) is 0. The van der Waals surface area contributed by atoms with Gasteiger partial charge in [-0.15, -0.1) is 6.42 Å². The predicted octanol–water partition coefficient (Wildman–Crippen LogP) is 3.18. The molecule has 1 amide bonds. The summed E-state index contributed by atoms with van der Waals surface area (Å²) < 4.78 is 27.6. The van der Waals surface area contributed by atoms with Crippen molar-refractivity contribution < 1.29 is 18.7 Å². The number of halogens is 2. The van der Waals surface area contributed by atoms with E-state index >= 15 is 0 Å². The Morgan fingerprint density at radius 2 is 1.83 bits per heavy atom. The van der Waals surface area contributed by atoms with Gasteiger partial charge in [-0.3, -0.25) is 4.79 Å². The molecular weight excluding hydrogens is 300 g/mol. The SMILES string of the molecule is C#Cc1cc(F)c(NC(=O)CC(C)(O)c2ccccc2)c(F)c1. The third-order valence-corrected chi connectivity index (χ3v) is 3.37. The van der Waals surface area contributed by atoms with Gasteiger partial charge in [0.1, 0.15) is 5.69 Å². The van der Waals surface area contributed by atoms with Crippen molar-refractivity contribution in [2.75, 3.05) is 5.32 Å². The van der Waals surface area contributed by atoms with E-state index in [0.717, 1.165) is 12.1 Å². The summed E-state index contributed by atoms with van der Waals surface area (Å²) in [5.74, 6) is -0.535. The van der Waals surface area contributed by atoms with Gasteiger partial charge in [0.25, 0.3) is 0 Å². The molecule has 0 saturated carbocycles. The van der Waals surface area contributed by atoms with E-state index in [1.165, 1.54) is 6.92 Å². The van der Waals surface area contributed by atoms with Gasteiger partial charge in [-0.1, -0.05) is 36.3 Å². The first-order valence-electron chi connectivity index (χ1n) is 6.87. The number of aliphatic hydroxyl groups is 1. The van der Waals surface area contributed by atoms with Crippen molar-refractivity contribution in [1.29, 1.82) is 0 Å². The van der Waals surface area contributed by atoms with Crippen molar-refractivity contribution in [1.82, 2.24) is 0 Å².